The zero-order valence-corrected chi connectivity index (χ0v) is 12.7. The molecule has 4 nitrogen and oxygen atoms in total. The number of rotatable bonds is 6. The largest absolute Gasteiger partial charge is 0.493 e. The molecule has 0 saturated carbocycles. The first-order chi connectivity index (χ1) is 9.55. The van der Waals surface area contributed by atoms with Crippen molar-refractivity contribution in [2.75, 3.05) is 13.7 Å². The predicted molar refractivity (Wildman–Crippen MR) is 80.6 cm³/mol. The molecule has 0 radical (unpaired) electrons. The molecule has 1 aliphatic heterocycles. The lowest BCUT2D eigenvalue weighted by molar-refractivity contribution is 0.00900. The molecule has 3 N–H and O–H groups in total. The highest BCUT2D eigenvalue weighted by molar-refractivity contribution is 5.35. The summed E-state index contributed by atoms with van der Waals surface area (Å²) in [5.74, 6) is 7.16. The van der Waals surface area contributed by atoms with Gasteiger partial charge in [0.2, 0.25) is 0 Å². The fourth-order valence-electron chi connectivity index (χ4n) is 2.67. The molecule has 1 heterocycles. The second-order valence-electron chi connectivity index (χ2n) is 6.16. The van der Waals surface area contributed by atoms with Crippen molar-refractivity contribution in [2.24, 2.45) is 11.8 Å². The Bertz CT molecular complexity index is 434. The molecule has 0 saturated heterocycles. The first kappa shape index (κ1) is 15.3. The van der Waals surface area contributed by atoms with Crippen LogP contribution < -0.4 is 16.0 Å². The molecule has 112 valence electrons. The minimum absolute atomic E-state index is 0.109. The second-order valence-corrected chi connectivity index (χ2v) is 6.16. The maximum Gasteiger partial charge on any atom is 0.122 e. The zero-order chi connectivity index (χ0) is 14.6. The zero-order valence-electron chi connectivity index (χ0n) is 12.7. The number of hydrogen-bond donors (Lipinski definition) is 2. The third kappa shape index (κ3) is 3.72. The van der Waals surface area contributed by atoms with Crippen LogP contribution in [-0.4, -0.2) is 25.4 Å². The molecule has 0 aliphatic carbocycles. The number of nitrogens with one attached hydrogen (secondary N) is 1. The van der Waals surface area contributed by atoms with Gasteiger partial charge in [0.05, 0.1) is 12.2 Å². The molecule has 1 aromatic rings. The fourth-order valence-corrected chi connectivity index (χ4v) is 2.67. The second kappa shape index (κ2) is 6.57. The molecule has 0 amide bonds. The van der Waals surface area contributed by atoms with Gasteiger partial charge in [-0.1, -0.05) is 18.2 Å². The van der Waals surface area contributed by atoms with Crippen LogP contribution in [0.25, 0.3) is 0 Å². The molecule has 0 fully saturated rings. The molecule has 1 aromatic carbocycles. The first-order valence-corrected chi connectivity index (χ1v) is 7.28. The van der Waals surface area contributed by atoms with Crippen LogP contribution in [-0.2, 0) is 11.2 Å². The van der Waals surface area contributed by atoms with E-state index in [2.05, 4.69) is 31.4 Å². The van der Waals surface area contributed by atoms with E-state index in [0.717, 1.165) is 31.6 Å². The van der Waals surface area contributed by atoms with Crippen LogP contribution >= 0.6 is 0 Å². The Hall–Kier alpha value is -1.10. The summed E-state index contributed by atoms with van der Waals surface area (Å²) in [6.45, 7) is 4.93. The average molecular weight is 278 g/mol. The van der Waals surface area contributed by atoms with Gasteiger partial charge in [-0.15, -0.1) is 0 Å². The van der Waals surface area contributed by atoms with Crippen LogP contribution in [0, 0.1) is 5.92 Å². The summed E-state index contributed by atoms with van der Waals surface area (Å²) in [4.78, 5) is 0. The summed E-state index contributed by atoms with van der Waals surface area (Å²) < 4.78 is 11.3. The monoisotopic (exact) mass is 278 g/mol. The van der Waals surface area contributed by atoms with E-state index in [1.807, 2.05) is 12.1 Å². The number of hydrazine groups is 1. The summed E-state index contributed by atoms with van der Waals surface area (Å²) in [5, 5.41) is 0. The van der Waals surface area contributed by atoms with E-state index >= 15 is 0 Å². The van der Waals surface area contributed by atoms with Crippen molar-refractivity contribution in [3.63, 3.8) is 0 Å². The highest BCUT2D eigenvalue weighted by Crippen LogP contribution is 2.30. The molecule has 2 atom stereocenters. The van der Waals surface area contributed by atoms with Crippen LogP contribution in [0.2, 0.25) is 0 Å². The summed E-state index contributed by atoms with van der Waals surface area (Å²) in [5.41, 5.74) is 4.13. The molecule has 0 aromatic heterocycles. The summed E-state index contributed by atoms with van der Waals surface area (Å²) in [7, 11) is 1.75. The van der Waals surface area contributed by atoms with Gasteiger partial charge in [-0.05, 0) is 44.7 Å². The lowest BCUT2D eigenvalue weighted by Gasteiger charge is -2.33. The van der Waals surface area contributed by atoms with Gasteiger partial charge < -0.3 is 9.47 Å². The van der Waals surface area contributed by atoms with Crippen molar-refractivity contribution in [3.05, 3.63) is 29.8 Å². The van der Waals surface area contributed by atoms with Crippen molar-refractivity contribution >= 4 is 0 Å². The summed E-state index contributed by atoms with van der Waals surface area (Å²) >= 11 is 0. The molecule has 4 heteroatoms. The van der Waals surface area contributed by atoms with Crippen molar-refractivity contribution in [1.82, 2.24) is 5.43 Å². The SMILES string of the molecule is COC(C)(C)CCC(NN)C1COc2ccccc2C1. The van der Waals surface area contributed by atoms with Gasteiger partial charge in [0, 0.05) is 19.1 Å². The maximum absolute atomic E-state index is 5.85. The topological polar surface area (TPSA) is 56.5 Å². The molecule has 2 rings (SSSR count). The Morgan fingerprint density at radius 3 is 2.90 bits per heavy atom. The van der Waals surface area contributed by atoms with Gasteiger partial charge in [-0.3, -0.25) is 11.3 Å². The number of para-hydroxylation sites is 1. The van der Waals surface area contributed by atoms with Gasteiger partial charge >= 0.3 is 0 Å². The highest BCUT2D eigenvalue weighted by Gasteiger charge is 2.28. The summed E-state index contributed by atoms with van der Waals surface area (Å²) in [6.07, 6.45) is 2.96. The van der Waals surface area contributed by atoms with E-state index < -0.39 is 0 Å². The number of ether oxygens (including phenoxy) is 2. The van der Waals surface area contributed by atoms with Crippen LogP contribution in [0.4, 0.5) is 0 Å². The molecule has 1 aliphatic rings. The van der Waals surface area contributed by atoms with Gasteiger partial charge in [-0.25, -0.2) is 0 Å². The lowest BCUT2D eigenvalue weighted by atomic mass is 9.86. The Morgan fingerprint density at radius 1 is 1.45 bits per heavy atom. The summed E-state index contributed by atoms with van der Waals surface area (Å²) in [6, 6.07) is 8.49. The van der Waals surface area contributed by atoms with Crippen molar-refractivity contribution in [1.29, 1.82) is 0 Å². The van der Waals surface area contributed by atoms with Crippen LogP contribution in [0.15, 0.2) is 24.3 Å². The van der Waals surface area contributed by atoms with E-state index in [0.29, 0.717) is 5.92 Å². The first-order valence-electron chi connectivity index (χ1n) is 7.28. The van der Waals surface area contributed by atoms with Gasteiger partial charge in [0.25, 0.3) is 0 Å². The molecule has 0 bridgehead atoms. The lowest BCUT2D eigenvalue weighted by Crippen LogP contribution is -2.46. The number of benzene rings is 1. The molecular formula is C16H26N2O2. The number of hydrogen-bond acceptors (Lipinski definition) is 4. The van der Waals surface area contributed by atoms with Gasteiger partial charge in [0.1, 0.15) is 5.75 Å². The molecular weight excluding hydrogens is 252 g/mol. The van der Waals surface area contributed by atoms with E-state index in [9.17, 15) is 0 Å². The fraction of sp³-hybridized carbons (Fsp3) is 0.625. The average Bonchev–Trinajstić information content (AvgIpc) is 2.47. The van der Waals surface area contributed by atoms with Gasteiger partial charge in [-0.2, -0.15) is 0 Å². The van der Waals surface area contributed by atoms with Crippen molar-refractivity contribution in [2.45, 2.75) is 44.8 Å². The van der Waals surface area contributed by atoms with Crippen LogP contribution in [0.1, 0.15) is 32.3 Å². The molecule has 2 unspecified atom stereocenters. The number of fused-ring (bicyclic) bond motifs is 1. The van der Waals surface area contributed by atoms with E-state index in [-0.39, 0.29) is 11.6 Å². The minimum atomic E-state index is -0.109. The molecule has 20 heavy (non-hydrogen) atoms. The number of nitrogens with two attached hydrogens (primary N) is 1. The maximum atomic E-state index is 5.85. The third-order valence-electron chi connectivity index (χ3n) is 4.30. The quantitative estimate of drug-likeness (QED) is 0.619. The third-order valence-corrected chi connectivity index (χ3v) is 4.30. The van der Waals surface area contributed by atoms with E-state index in [4.69, 9.17) is 15.3 Å². The Balaban J connectivity index is 1.96. The molecule has 0 spiro atoms. The highest BCUT2D eigenvalue weighted by atomic mass is 16.5. The minimum Gasteiger partial charge on any atom is -0.493 e. The van der Waals surface area contributed by atoms with E-state index in [1.54, 1.807) is 7.11 Å². The van der Waals surface area contributed by atoms with E-state index in [1.165, 1.54) is 5.56 Å². The predicted octanol–water partition coefficient (Wildman–Crippen LogP) is 2.27. The van der Waals surface area contributed by atoms with Crippen LogP contribution in [0.3, 0.4) is 0 Å². The van der Waals surface area contributed by atoms with Gasteiger partial charge in [0.15, 0.2) is 0 Å². The number of methoxy groups -OCH3 is 1. The van der Waals surface area contributed by atoms with Crippen molar-refractivity contribution < 1.29 is 9.47 Å². The standard InChI is InChI=1S/C16H26N2O2/c1-16(2,19-3)9-8-14(18-17)13-10-12-6-4-5-7-15(12)20-11-13/h4-7,13-14,18H,8-11,17H2,1-3H3. The smallest absolute Gasteiger partial charge is 0.122 e. The van der Waals surface area contributed by atoms with Crippen molar-refractivity contribution in [3.8, 4) is 5.75 Å². The Kier molecular flexibility index (Phi) is 5.02. The Morgan fingerprint density at radius 2 is 2.20 bits per heavy atom. The van der Waals surface area contributed by atoms with Crippen LogP contribution in [0.5, 0.6) is 5.75 Å². The Labute approximate surface area is 121 Å². The normalized spacial score (nSPS) is 20.1.